The largest absolute Gasteiger partial charge is 0.316 e. The molecular formula is C12H14FN2O+. The minimum absolute atomic E-state index is 0.134. The summed E-state index contributed by atoms with van der Waals surface area (Å²) in [7, 11) is 0. The van der Waals surface area contributed by atoms with Gasteiger partial charge in [0.1, 0.15) is 18.6 Å². The second-order valence-electron chi connectivity index (χ2n) is 3.39. The molecule has 0 radical (unpaired) electrons. The third-order valence-electron chi connectivity index (χ3n) is 2.13. The highest BCUT2D eigenvalue weighted by Crippen LogP contribution is 2.00. The Morgan fingerprint density at radius 3 is 2.56 bits per heavy atom. The predicted molar refractivity (Wildman–Crippen MR) is 59.6 cm³/mol. The van der Waals surface area contributed by atoms with E-state index in [1.807, 2.05) is 0 Å². The lowest BCUT2D eigenvalue weighted by Gasteiger charge is -1.98. The number of ketones is 1. The van der Waals surface area contributed by atoms with Crippen LogP contribution in [0.15, 0.2) is 36.0 Å². The number of nitrogens with two attached hydrogens (primary N) is 1. The number of rotatable bonds is 5. The number of allylic oxidation sites excluding steroid dienone is 1. The van der Waals surface area contributed by atoms with Crippen molar-refractivity contribution in [1.82, 2.24) is 0 Å². The lowest BCUT2D eigenvalue weighted by atomic mass is 10.2. The molecule has 4 heteroatoms. The van der Waals surface area contributed by atoms with E-state index in [1.54, 1.807) is 23.6 Å². The third-order valence-corrected chi connectivity index (χ3v) is 2.13. The van der Waals surface area contributed by atoms with E-state index in [-0.39, 0.29) is 11.6 Å². The molecule has 0 fully saturated rings. The average Bonchev–Trinajstić information content (AvgIpc) is 2.26. The van der Waals surface area contributed by atoms with Crippen LogP contribution in [0.2, 0.25) is 0 Å². The Kier molecular flexibility index (Phi) is 4.54. The molecule has 16 heavy (non-hydrogen) atoms. The standard InChI is InChI=1S/C12H13FN2O/c1-9(16)11(6-14)8-15-7-10-2-4-12(13)5-3-10/h2-6,8,14-15H,7H2,1H3/p+1. The van der Waals surface area contributed by atoms with Gasteiger partial charge >= 0.3 is 0 Å². The molecule has 0 aliphatic heterocycles. The summed E-state index contributed by atoms with van der Waals surface area (Å²) in [6.07, 6.45) is 2.64. The van der Waals surface area contributed by atoms with Crippen molar-refractivity contribution >= 4 is 12.0 Å². The zero-order chi connectivity index (χ0) is 12.0. The van der Waals surface area contributed by atoms with Gasteiger partial charge in [0.15, 0.2) is 5.78 Å². The molecule has 0 unspecified atom stereocenters. The number of quaternary nitrogens is 1. The van der Waals surface area contributed by atoms with E-state index in [4.69, 9.17) is 5.41 Å². The van der Waals surface area contributed by atoms with Crippen LogP contribution in [0.4, 0.5) is 4.39 Å². The summed E-state index contributed by atoms with van der Waals surface area (Å²) >= 11 is 0. The van der Waals surface area contributed by atoms with Crippen LogP contribution in [-0.2, 0) is 11.3 Å². The highest BCUT2D eigenvalue weighted by molar-refractivity contribution is 6.10. The van der Waals surface area contributed by atoms with Crippen molar-refractivity contribution in [2.75, 3.05) is 0 Å². The fourth-order valence-corrected chi connectivity index (χ4v) is 1.21. The number of Topliss-reactive ketones (excluding diaryl/α,β-unsaturated/α-hetero) is 1. The van der Waals surface area contributed by atoms with Gasteiger partial charge in [0.25, 0.3) is 0 Å². The molecule has 0 heterocycles. The molecule has 3 nitrogen and oxygen atoms in total. The third kappa shape index (κ3) is 3.74. The maximum Gasteiger partial charge on any atom is 0.166 e. The maximum atomic E-state index is 12.6. The molecule has 3 N–H and O–H groups in total. The van der Waals surface area contributed by atoms with Crippen molar-refractivity contribution in [2.24, 2.45) is 0 Å². The van der Waals surface area contributed by atoms with E-state index in [0.29, 0.717) is 12.1 Å². The van der Waals surface area contributed by atoms with Crippen LogP contribution in [0.3, 0.4) is 0 Å². The Bertz CT molecular complexity index is 410. The molecular weight excluding hydrogens is 207 g/mol. The Morgan fingerprint density at radius 2 is 2.06 bits per heavy atom. The smallest absolute Gasteiger partial charge is 0.166 e. The second-order valence-corrected chi connectivity index (χ2v) is 3.39. The van der Waals surface area contributed by atoms with Crippen LogP contribution in [0, 0.1) is 11.2 Å². The fraction of sp³-hybridized carbons (Fsp3) is 0.167. The number of hydrogen-bond acceptors (Lipinski definition) is 2. The first-order valence-electron chi connectivity index (χ1n) is 4.93. The van der Waals surface area contributed by atoms with Gasteiger partial charge < -0.3 is 10.7 Å². The van der Waals surface area contributed by atoms with Gasteiger partial charge in [0.05, 0.1) is 5.57 Å². The number of halogens is 1. The monoisotopic (exact) mass is 221 g/mol. The van der Waals surface area contributed by atoms with E-state index in [0.717, 1.165) is 11.8 Å². The first-order valence-corrected chi connectivity index (χ1v) is 4.93. The van der Waals surface area contributed by atoms with Crippen molar-refractivity contribution in [2.45, 2.75) is 13.5 Å². The number of carbonyl (C=O) groups excluding carboxylic acids is 1. The first-order chi connectivity index (χ1) is 7.63. The highest BCUT2D eigenvalue weighted by Gasteiger charge is 2.01. The molecule has 0 aromatic heterocycles. The van der Waals surface area contributed by atoms with Crippen molar-refractivity contribution in [3.8, 4) is 0 Å². The lowest BCUT2D eigenvalue weighted by molar-refractivity contribution is -0.605. The molecule has 0 saturated carbocycles. The maximum absolute atomic E-state index is 12.6. The molecule has 0 spiro atoms. The summed E-state index contributed by atoms with van der Waals surface area (Å²) < 4.78 is 12.6. The topological polar surface area (TPSA) is 57.5 Å². The van der Waals surface area contributed by atoms with Crippen molar-refractivity contribution in [3.63, 3.8) is 0 Å². The zero-order valence-electron chi connectivity index (χ0n) is 9.03. The second kappa shape index (κ2) is 5.92. The first kappa shape index (κ1) is 12.3. The number of benzene rings is 1. The molecule has 0 amide bonds. The van der Waals surface area contributed by atoms with E-state index >= 15 is 0 Å². The van der Waals surface area contributed by atoms with Crippen molar-refractivity contribution < 1.29 is 14.5 Å². The number of hydrogen-bond donors (Lipinski definition) is 2. The Balaban J connectivity index is 2.55. The van der Waals surface area contributed by atoms with Crippen molar-refractivity contribution in [3.05, 3.63) is 47.4 Å². The van der Waals surface area contributed by atoms with Gasteiger partial charge in [-0.15, -0.1) is 0 Å². The van der Waals surface area contributed by atoms with E-state index in [2.05, 4.69) is 0 Å². The molecule has 1 rings (SSSR count). The molecule has 84 valence electrons. The molecule has 1 aromatic carbocycles. The van der Waals surface area contributed by atoms with Gasteiger partial charge in [-0.1, -0.05) is 12.1 Å². The average molecular weight is 221 g/mol. The minimum atomic E-state index is -0.261. The van der Waals surface area contributed by atoms with Gasteiger partial charge in [0.2, 0.25) is 0 Å². The summed E-state index contributed by atoms with van der Waals surface area (Å²) in [6.45, 7) is 2.04. The van der Waals surface area contributed by atoms with Gasteiger partial charge in [-0.2, -0.15) is 0 Å². The zero-order valence-corrected chi connectivity index (χ0v) is 9.03. The van der Waals surface area contributed by atoms with Gasteiger partial charge in [0, 0.05) is 11.8 Å². The molecule has 0 saturated heterocycles. The molecule has 1 aromatic rings. The molecule has 0 atom stereocenters. The Morgan fingerprint density at radius 1 is 1.44 bits per heavy atom. The van der Waals surface area contributed by atoms with Crippen LogP contribution in [0.5, 0.6) is 0 Å². The SMILES string of the molecule is CC(=O)C(C=N)=C[NH2+]Cc1ccc(F)cc1. The predicted octanol–water partition coefficient (Wildman–Crippen LogP) is 1.01. The quantitative estimate of drug-likeness (QED) is 0.566. The lowest BCUT2D eigenvalue weighted by Crippen LogP contribution is -2.76. The molecule has 0 aliphatic carbocycles. The van der Waals surface area contributed by atoms with Crippen LogP contribution >= 0.6 is 0 Å². The minimum Gasteiger partial charge on any atom is -0.316 e. The van der Waals surface area contributed by atoms with Crippen molar-refractivity contribution in [1.29, 1.82) is 5.41 Å². The summed E-state index contributed by atoms with van der Waals surface area (Å²) in [4.78, 5) is 11.0. The normalized spacial score (nSPS) is 11.2. The summed E-state index contributed by atoms with van der Waals surface area (Å²) in [5, 5.41) is 8.80. The van der Waals surface area contributed by atoms with E-state index in [1.165, 1.54) is 19.1 Å². The Labute approximate surface area is 93.5 Å². The van der Waals surface area contributed by atoms with Gasteiger partial charge in [-0.05, 0) is 19.1 Å². The fourth-order valence-electron chi connectivity index (χ4n) is 1.21. The highest BCUT2D eigenvalue weighted by atomic mass is 19.1. The summed E-state index contributed by atoms with van der Waals surface area (Å²) in [5.41, 5.74) is 1.33. The number of nitrogens with one attached hydrogen (secondary N) is 1. The molecule has 0 bridgehead atoms. The summed E-state index contributed by atoms with van der Waals surface area (Å²) in [5.74, 6) is -0.395. The van der Waals surface area contributed by atoms with Crippen LogP contribution in [0.25, 0.3) is 0 Å². The van der Waals surface area contributed by atoms with Gasteiger partial charge in [-0.3, -0.25) is 4.79 Å². The van der Waals surface area contributed by atoms with Gasteiger partial charge in [-0.25, -0.2) is 4.39 Å². The molecule has 0 aliphatic rings. The van der Waals surface area contributed by atoms with E-state index in [9.17, 15) is 9.18 Å². The van der Waals surface area contributed by atoms with Crippen LogP contribution in [0.1, 0.15) is 12.5 Å². The van der Waals surface area contributed by atoms with E-state index < -0.39 is 0 Å². The van der Waals surface area contributed by atoms with Crippen LogP contribution < -0.4 is 5.32 Å². The Hall–Kier alpha value is -1.81. The number of carbonyl (C=O) groups is 1. The summed E-state index contributed by atoms with van der Waals surface area (Å²) in [6, 6.07) is 6.18. The van der Waals surface area contributed by atoms with Crippen LogP contribution in [-0.4, -0.2) is 12.0 Å².